The lowest BCUT2D eigenvalue weighted by atomic mass is 9.96. The number of likely N-dealkylation sites (tertiary alicyclic amines) is 1. The van der Waals surface area contributed by atoms with Crippen LogP contribution < -0.4 is 5.32 Å². The fourth-order valence-corrected chi connectivity index (χ4v) is 3.36. The monoisotopic (exact) mass is 290 g/mol. The van der Waals surface area contributed by atoms with Crippen LogP contribution in [0.4, 0.5) is 0 Å². The molecule has 1 heterocycles. The molecule has 1 aromatic rings. The lowest BCUT2D eigenvalue weighted by molar-refractivity contribution is 0.0979. The van der Waals surface area contributed by atoms with E-state index in [0.717, 1.165) is 12.5 Å². The average Bonchev–Trinajstić information content (AvgIpc) is 2.51. The van der Waals surface area contributed by atoms with Gasteiger partial charge in [-0.05, 0) is 69.9 Å². The molecule has 1 aromatic carbocycles. The number of nitrogens with one attached hydrogen (secondary N) is 1. The van der Waals surface area contributed by atoms with Crippen LogP contribution in [0.15, 0.2) is 24.3 Å². The molecule has 1 atom stereocenters. The van der Waals surface area contributed by atoms with Crippen molar-refractivity contribution >= 4 is 0 Å². The van der Waals surface area contributed by atoms with Crippen molar-refractivity contribution in [3.05, 3.63) is 35.4 Å². The van der Waals surface area contributed by atoms with E-state index in [4.69, 9.17) is 4.74 Å². The van der Waals surface area contributed by atoms with Gasteiger partial charge in [0.25, 0.3) is 0 Å². The van der Waals surface area contributed by atoms with Gasteiger partial charge in [-0.1, -0.05) is 24.3 Å². The van der Waals surface area contributed by atoms with Gasteiger partial charge in [0.1, 0.15) is 0 Å². The summed E-state index contributed by atoms with van der Waals surface area (Å²) in [6.07, 6.45) is 3.74. The molecule has 0 amide bonds. The standard InChI is InChI=1S/C18H30N2O/c1-15-6-4-5-7-17(15)18(19-2)10-13-20-11-8-16(9-12-20)14-21-3/h4-7,16,18-19H,8-14H2,1-3H3. The lowest BCUT2D eigenvalue weighted by Gasteiger charge is -2.32. The fourth-order valence-electron chi connectivity index (χ4n) is 3.36. The van der Waals surface area contributed by atoms with Crippen molar-refractivity contribution in [2.75, 3.05) is 40.4 Å². The zero-order chi connectivity index (χ0) is 15.1. The number of nitrogens with zero attached hydrogens (tertiary/aromatic N) is 1. The number of methoxy groups -OCH3 is 1. The van der Waals surface area contributed by atoms with Crippen LogP contribution in [0.25, 0.3) is 0 Å². The van der Waals surface area contributed by atoms with E-state index >= 15 is 0 Å². The predicted molar refractivity (Wildman–Crippen MR) is 88.6 cm³/mol. The van der Waals surface area contributed by atoms with Gasteiger partial charge in [-0.15, -0.1) is 0 Å². The van der Waals surface area contributed by atoms with E-state index in [1.54, 1.807) is 0 Å². The quantitative estimate of drug-likeness (QED) is 0.835. The second-order valence-electron chi connectivity index (χ2n) is 6.23. The maximum Gasteiger partial charge on any atom is 0.0491 e. The summed E-state index contributed by atoms with van der Waals surface area (Å²) in [5.74, 6) is 0.766. The Labute approximate surface area is 129 Å². The number of hydrogen-bond donors (Lipinski definition) is 1. The first-order chi connectivity index (χ1) is 10.2. The van der Waals surface area contributed by atoms with E-state index in [0.29, 0.717) is 6.04 Å². The number of hydrogen-bond acceptors (Lipinski definition) is 3. The van der Waals surface area contributed by atoms with E-state index in [1.165, 1.54) is 50.0 Å². The Balaban J connectivity index is 1.81. The second-order valence-corrected chi connectivity index (χ2v) is 6.23. The van der Waals surface area contributed by atoms with Crippen LogP contribution in [-0.2, 0) is 4.74 Å². The van der Waals surface area contributed by atoms with Crippen molar-refractivity contribution in [1.82, 2.24) is 10.2 Å². The SMILES string of the molecule is CNC(CCN1CCC(COC)CC1)c1ccccc1C. The third-order valence-corrected chi connectivity index (χ3v) is 4.76. The largest absolute Gasteiger partial charge is 0.384 e. The summed E-state index contributed by atoms with van der Waals surface area (Å²) >= 11 is 0. The molecule has 1 fully saturated rings. The summed E-state index contributed by atoms with van der Waals surface area (Å²) in [5, 5.41) is 3.48. The maximum atomic E-state index is 5.27. The number of benzene rings is 1. The number of aryl methyl sites for hydroxylation is 1. The third-order valence-electron chi connectivity index (χ3n) is 4.76. The molecule has 1 saturated heterocycles. The van der Waals surface area contributed by atoms with Crippen LogP contribution in [0, 0.1) is 12.8 Å². The number of piperidine rings is 1. The summed E-state index contributed by atoms with van der Waals surface area (Å²) in [7, 11) is 3.88. The molecule has 0 radical (unpaired) electrons. The second kappa shape index (κ2) is 8.52. The summed E-state index contributed by atoms with van der Waals surface area (Å²) in [5.41, 5.74) is 2.82. The number of ether oxygens (including phenoxy) is 1. The van der Waals surface area contributed by atoms with E-state index in [1.807, 2.05) is 7.11 Å². The van der Waals surface area contributed by atoms with Crippen LogP contribution >= 0.6 is 0 Å². The summed E-state index contributed by atoms with van der Waals surface area (Å²) in [6.45, 7) is 6.75. The minimum Gasteiger partial charge on any atom is -0.384 e. The highest BCUT2D eigenvalue weighted by atomic mass is 16.5. The molecule has 2 rings (SSSR count). The molecule has 0 bridgehead atoms. The average molecular weight is 290 g/mol. The summed E-state index contributed by atoms with van der Waals surface area (Å²) < 4.78 is 5.27. The van der Waals surface area contributed by atoms with Crippen molar-refractivity contribution in [1.29, 1.82) is 0 Å². The third kappa shape index (κ3) is 4.80. The van der Waals surface area contributed by atoms with Gasteiger partial charge in [0, 0.05) is 19.8 Å². The van der Waals surface area contributed by atoms with Crippen molar-refractivity contribution in [2.45, 2.75) is 32.2 Å². The number of rotatable bonds is 7. The zero-order valence-corrected chi connectivity index (χ0v) is 13.8. The molecule has 0 spiro atoms. The Bertz CT molecular complexity index is 413. The molecule has 21 heavy (non-hydrogen) atoms. The highest BCUT2D eigenvalue weighted by Gasteiger charge is 2.20. The first-order valence-electron chi connectivity index (χ1n) is 8.18. The molecule has 3 nitrogen and oxygen atoms in total. The predicted octanol–water partition coefficient (Wildman–Crippen LogP) is 3.00. The first-order valence-corrected chi connectivity index (χ1v) is 8.18. The van der Waals surface area contributed by atoms with Crippen LogP contribution in [0.3, 0.4) is 0 Å². The Morgan fingerprint density at radius 2 is 2.00 bits per heavy atom. The Kier molecular flexibility index (Phi) is 6.68. The van der Waals surface area contributed by atoms with E-state index < -0.39 is 0 Å². The topological polar surface area (TPSA) is 24.5 Å². The van der Waals surface area contributed by atoms with Crippen molar-refractivity contribution in [3.8, 4) is 0 Å². The highest BCUT2D eigenvalue weighted by Crippen LogP contribution is 2.22. The molecule has 0 aliphatic carbocycles. The first kappa shape index (κ1) is 16.5. The minimum absolute atomic E-state index is 0.461. The zero-order valence-electron chi connectivity index (χ0n) is 13.8. The van der Waals surface area contributed by atoms with Gasteiger partial charge in [0.15, 0.2) is 0 Å². The summed E-state index contributed by atoms with van der Waals surface area (Å²) in [4.78, 5) is 2.61. The van der Waals surface area contributed by atoms with Gasteiger partial charge < -0.3 is 15.0 Å². The van der Waals surface area contributed by atoms with Gasteiger partial charge in [-0.25, -0.2) is 0 Å². The maximum absolute atomic E-state index is 5.27. The fraction of sp³-hybridized carbons (Fsp3) is 0.667. The van der Waals surface area contributed by atoms with Gasteiger partial charge in [-0.3, -0.25) is 0 Å². The van der Waals surface area contributed by atoms with Crippen molar-refractivity contribution in [2.24, 2.45) is 5.92 Å². The van der Waals surface area contributed by atoms with E-state index in [9.17, 15) is 0 Å². The van der Waals surface area contributed by atoms with Crippen LogP contribution in [0.5, 0.6) is 0 Å². The Morgan fingerprint density at radius 1 is 1.29 bits per heavy atom. The molecule has 1 unspecified atom stereocenters. The van der Waals surface area contributed by atoms with Gasteiger partial charge >= 0.3 is 0 Å². The van der Waals surface area contributed by atoms with Gasteiger partial charge in [0.2, 0.25) is 0 Å². The van der Waals surface area contributed by atoms with E-state index in [2.05, 4.69) is 48.5 Å². The van der Waals surface area contributed by atoms with E-state index in [-0.39, 0.29) is 0 Å². The molecule has 1 N–H and O–H groups in total. The van der Waals surface area contributed by atoms with Crippen molar-refractivity contribution in [3.63, 3.8) is 0 Å². The normalized spacial score (nSPS) is 18.8. The molecule has 3 heteroatoms. The molecular weight excluding hydrogens is 260 g/mol. The molecule has 0 aromatic heterocycles. The molecule has 0 saturated carbocycles. The van der Waals surface area contributed by atoms with Crippen LogP contribution in [0.2, 0.25) is 0 Å². The minimum atomic E-state index is 0.461. The van der Waals surface area contributed by atoms with Crippen LogP contribution in [-0.4, -0.2) is 45.3 Å². The summed E-state index contributed by atoms with van der Waals surface area (Å²) in [6, 6.07) is 9.18. The Morgan fingerprint density at radius 3 is 2.62 bits per heavy atom. The highest BCUT2D eigenvalue weighted by molar-refractivity contribution is 5.28. The van der Waals surface area contributed by atoms with Gasteiger partial charge in [0.05, 0.1) is 0 Å². The van der Waals surface area contributed by atoms with Crippen molar-refractivity contribution < 1.29 is 4.74 Å². The van der Waals surface area contributed by atoms with Gasteiger partial charge in [-0.2, -0.15) is 0 Å². The van der Waals surface area contributed by atoms with Crippen LogP contribution in [0.1, 0.15) is 36.4 Å². The Hall–Kier alpha value is -0.900. The smallest absolute Gasteiger partial charge is 0.0491 e. The molecular formula is C18H30N2O. The molecule has 1 aliphatic heterocycles. The molecule has 118 valence electrons. The lowest BCUT2D eigenvalue weighted by Crippen LogP contribution is -2.37. The molecule has 1 aliphatic rings.